The van der Waals surface area contributed by atoms with Gasteiger partial charge < -0.3 is 14.6 Å². The van der Waals surface area contributed by atoms with Crippen LogP contribution in [0.15, 0.2) is 69.6 Å². The summed E-state index contributed by atoms with van der Waals surface area (Å²) in [6.45, 7) is 6.15. The van der Waals surface area contributed by atoms with Gasteiger partial charge >= 0.3 is 5.97 Å². The Bertz CT molecular complexity index is 1400. The van der Waals surface area contributed by atoms with E-state index >= 15 is 0 Å². The molecule has 170 valence electrons. The molecule has 0 saturated carbocycles. The largest absolute Gasteiger partial charge is 0.508 e. The molecule has 1 aliphatic rings. The van der Waals surface area contributed by atoms with Crippen LogP contribution in [0.1, 0.15) is 37.9 Å². The van der Waals surface area contributed by atoms with Crippen molar-refractivity contribution in [1.82, 2.24) is 4.57 Å². The number of aromatic nitrogens is 1. The first kappa shape index (κ1) is 22.5. The molecule has 2 heterocycles. The van der Waals surface area contributed by atoms with Crippen LogP contribution in [0.5, 0.6) is 11.5 Å². The Labute approximate surface area is 194 Å². The maximum absolute atomic E-state index is 13.5. The lowest BCUT2D eigenvalue weighted by Crippen LogP contribution is -2.39. The molecule has 0 unspecified atom stereocenters. The summed E-state index contributed by atoms with van der Waals surface area (Å²) >= 11 is 1.24. The second-order valence-corrected chi connectivity index (χ2v) is 8.41. The average molecular weight is 465 g/mol. The molecule has 1 atom stereocenters. The molecule has 1 aromatic heterocycles. The van der Waals surface area contributed by atoms with Gasteiger partial charge in [-0.1, -0.05) is 35.6 Å². The third kappa shape index (κ3) is 4.47. The minimum atomic E-state index is -0.678. The van der Waals surface area contributed by atoms with E-state index < -0.39 is 12.0 Å². The topological polar surface area (TPSA) is 90.1 Å². The predicted molar refractivity (Wildman–Crippen MR) is 126 cm³/mol. The number of hydrogen-bond donors (Lipinski definition) is 1. The lowest BCUT2D eigenvalue weighted by atomic mass is 9.96. The number of nitrogens with zero attached hydrogens (tertiary/aromatic N) is 2. The van der Waals surface area contributed by atoms with Gasteiger partial charge in [-0.05, 0) is 62.2 Å². The zero-order valence-electron chi connectivity index (χ0n) is 18.6. The number of rotatable bonds is 6. The van der Waals surface area contributed by atoms with Crippen LogP contribution in [0.25, 0.3) is 6.08 Å². The number of ether oxygens (including phenoxy) is 2. The van der Waals surface area contributed by atoms with Gasteiger partial charge in [0.1, 0.15) is 11.5 Å². The van der Waals surface area contributed by atoms with Crippen LogP contribution < -0.4 is 19.6 Å². The normalized spacial score (nSPS) is 15.7. The molecular weight excluding hydrogens is 440 g/mol. The number of hydrogen-bond acceptors (Lipinski definition) is 7. The Morgan fingerprint density at radius 1 is 1.18 bits per heavy atom. The number of thiazole rings is 1. The first-order chi connectivity index (χ1) is 15.9. The van der Waals surface area contributed by atoms with E-state index in [2.05, 4.69) is 4.99 Å². The van der Waals surface area contributed by atoms with Crippen molar-refractivity contribution < 1.29 is 19.4 Å². The van der Waals surface area contributed by atoms with Crippen LogP contribution in [0.4, 0.5) is 0 Å². The zero-order chi connectivity index (χ0) is 23.5. The molecule has 4 rings (SSSR count). The van der Waals surface area contributed by atoms with Crippen molar-refractivity contribution >= 4 is 23.4 Å². The number of phenolic OH excluding ortho intramolecular Hbond substituents is 1. The maximum atomic E-state index is 13.5. The Morgan fingerprint density at radius 2 is 1.94 bits per heavy atom. The molecule has 0 spiro atoms. The van der Waals surface area contributed by atoms with Gasteiger partial charge in [0.05, 0.1) is 35.1 Å². The first-order valence-electron chi connectivity index (χ1n) is 10.6. The van der Waals surface area contributed by atoms with E-state index in [0.29, 0.717) is 38.5 Å². The average Bonchev–Trinajstić information content (AvgIpc) is 3.08. The number of carbonyl (C=O) groups is 1. The number of esters is 1. The number of fused-ring (bicyclic) bond motifs is 1. The van der Waals surface area contributed by atoms with E-state index in [-0.39, 0.29) is 17.9 Å². The smallest absolute Gasteiger partial charge is 0.338 e. The first-order valence-corrected chi connectivity index (χ1v) is 11.5. The van der Waals surface area contributed by atoms with Gasteiger partial charge in [0, 0.05) is 0 Å². The fourth-order valence-electron chi connectivity index (χ4n) is 3.79. The van der Waals surface area contributed by atoms with Gasteiger partial charge in [-0.25, -0.2) is 9.79 Å². The standard InChI is InChI=1S/C25H24N2O5S/c1-4-31-19-11-9-17(10-12-19)22-21(24(30)32-5-2)15(3)26-25-27(22)23(29)20(33-25)14-16-7-6-8-18(28)13-16/h6-14,22,28H,4-5H2,1-3H3/b20-14-/t22-/m1/s1. The van der Waals surface area contributed by atoms with E-state index in [9.17, 15) is 14.7 Å². The third-order valence-electron chi connectivity index (χ3n) is 5.19. The van der Waals surface area contributed by atoms with Gasteiger partial charge in [-0.2, -0.15) is 0 Å². The molecule has 0 amide bonds. The summed E-state index contributed by atoms with van der Waals surface area (Å²) in [6.07, 6.45) is 1.71. The molecule has 0 aliphatic carbocycles. The van der Waals surface area contributed by atoms with Gasteiger partial charge in [0.2, 0.25) is 0 Å². The van der Waals surface area contributed by atoms with Crippen molar-refractivity contribution in [2.24, 2.45) is 4.99 Å². The Balaban J connectivity index is 1.92. The van der Waals surface area contributed by atoms with Crippen molar-refractivity contribution in [3.05, 3.63) is 90.6 Å². The van der Waals surface area contributed by atoms with E-state index in [4.69, 9.17) is 9.47 Å². The van der Waals surface area contributed by atoms with E-state index in [1.165, 1.54) is 15.9 Å². The summed E-state index contributed by atoms with van der Waals surface area (Å²) in [4.78, 5) is 31.5. The fourth-order valence-corrected chi connectivity index (χ4v) is 4.83. The number of allylic oxidation sites excluding steroid dienone is 1. The Kier molecular flexibility index (Phi) is 6.46. The van der Waals surface area contributed by atoms with E-state index in [1.54, 1.807) is 44.2 Å². The predicted octanol–water partition coefficient (Wildman–Crippen LogP) is 2.90. The third-order valence-corrected chi connectivity index (χ3v) is 6.17. The minimum Gasteiger partial charge on any atom is -0.508 e. The van der Waals surface area contributed by atoms with Gasteiger partial charge in [-0.3, -0.25) is 9.36 Å². The molecular formula is C25H24N2O5S. The fraction of sp³-hybridized carbons (Fsp3) is 0.240. The molecule has 0 bridgehead atoms. The van der Waals surface area contributed by atoms with E-state index in [0.717, 1.165) is 5.56 Å². The molecule has 33 heavy (non-hydrogen) atoms. The highest BCUT2D eigenvalue weighted by Gasteiger charge is 2.33. The summed E-state index contributed by atoms with van der Waals surface area (Å²) in [5.74, 6) is 0.319. The van der Waals surface area contributed by atoms with Crippen molar-refractivity contribution in [1.29, 1.82) is 0 Å². The Hall–Kier alpha value is -3.65. The van der Waals surface area contributed by atoms with Gasteiger partial charge in [-0.15, -0.1) is 0 Å². The lowest BCUT2D eigenvalue weighted by molar-refractivity contribution is -0.139. The number of carbonyl (C=O) groups excluding carboxylic acids is 1. The zero-order valence-corrected chi connectivity index (χ0v) is 19.4. The molecule has 0 saturated heterocycles. The Morgan fingerprint density at radius 3 is 2.61 bits per heavy atom. The summed E-state index contributed by atoms with van der Waals surface area (Å²) in [5.41, 5.74) is 2.02. The van der Waals surface area contributed by atoms with Crippen LogP contribution in [-0.4, -0.2) is 28.9 Å². The van der Waals surface area contributed by atoms with Crippen LogP contribution >= 0.6 is 11.3 Å². The van der Waals surface area contributed by atoms with Crippen molar-refractivity contribution in [3.8, 4) is 11.5 Å². The molecule has 0 radical (unpaired) electrons. The highest BCUT2D eigenvalue weighted by molar-refractivity contribution is 7.07. The van der Waals surface area contributed by atoms with Gasteiger partial charge in [0.15, 0.2) is 4.80 Å². The summed E-state index contributed by atoms with van der Waals surface area (Å²) in [6, 6.07) is 13.3. The monoisotopic (exact) mass is 464 g/mol. The van der Waals surface area contributed by atoms with Crippen LogP contribution in [-0.2, 0) is 9.53 Å². The number of aromatic hydroxyl groups is 1. The second-order valence-electron chi connectivity index (χ2n) is 7.40. The minimum absolute atomic E-state index is 0.115. The maximum Gasteiger partial charge on any atom is 0.338 e. The summed E-state index contributed by atoms with van der Waals surface area (Å²) in [5, 5.41) is 9.77. The summed E-state index contributed by atoms with van der Waals surface area (Å²) < 4.78 is 12.8. The highest BCUT2D eigenvalue weighted by Crippen LogP contribution is 2.31. The molecule has 3 aromatic rings. The molecule has 2 aromatic carbocycles. The van der Waals surface area contributed by atoms with Crippen molar-refractivity contribution in [2.75, 3.05) is 13.2 Å². The molecule has 0 fully saturated rings. The quantitative estimate of drug-likeness (QED) is 0.567. The van der Waals surface area contributed by atoms with Crippen LogP contribution in [0.3, 0.4) is 0 Å². The molecule has 1 aliphatic heterocycles. The number of phenols is 1. The lowest BCUT2D eigenvalue weighted by Gasteiger charge is -2.24. The SMILES string of the molecule is CCOC(=O)C1=C(C)N=c2s/c(=C\c3cccc(O)c3)c(=O)n2[C@@H]1c1ccc(OCC)cc1. The molecule has 8 heteroatoms. The molecule has 1 N–H and O–H groups in total. The van der Waals surface area contributed by atoms with Gasteiger partial charge in [0.25, 0.3) is 5.56 Å². The van der Waals surface area contributed by atoms with Crippen molar-refractivity contribution in [2.45, 2.75) is 26.8 Å². The summed E-state index contributed by atoms with van der Waals surface area (Å²) in [7, 11) is 0. The second kappa shape index (κ2) is 9.46. The van der Waals surface area contributed by atoms with E-state index in [1.807, 2.05) is 31.2 Å². The molecule has 7 nitrogen and oxygen atoms in total. The number of benzene rings is 2. The van der Waals surface area contributed by atoms with Crippen LogP contribution in [0, 0.1) is 0 Å². The van der Waals surface area contributed by atoms with Crippen molar-refractivity contribution in [3.63, 3.8) is 0 Å². The highest BCUT2D eigenvalue weighted by atomic mass is 32.1. The van der Waals surface area contributed by atoms with Crippen LogP contribution in [0.2, 0.25) is 0 Å².